The molecule has 0 unspecified atom stereocenters. The number of anilines is 1. The van der Waals surface area contributed by atoms with Gasteiger partial charge in [-0.1, -0.05) is 20.3 Å². The first-order valence-corrected chi connectivity index (χ1v) is 8.55. The van der Waals surface area contributed by atoms with Crippen LogP contribution in [0.4, 0.5) is 5.82 Å². The molecular weight excluding hydrogens is 290 g/mol. The Labute approximate surface area is 124 Å². The van der Waals surface area contributed by atoms with Gasteiger partial charge in [0.2, 0.25) is 0 Å². The van der Waals surface area contributed by atoms with Crippen molar-refractivity contribution in [3.63, 3.8) is 0 Å². The van der Waals surface area contributed by atoms with Crippen LogP contribution in [-0.4, -0.2) is 28.4 Å². The van der Waals surface area contributed by atoms with E-state index in [1.54, 1.807) is 10.7 Å². The van der Waals surface area contributed by atoms with Crippen LogP contribution in [0, 0.1) is 0 Å². The van der Waals surface area contributed by atoms with Crippen molar-refractivity contribution in [1.82, 2.24) is 20.0 Å². The monoisotopic (exact) mass is 311 g/mol. The van der Waals surface area contributed by atoms with Gasteiger partial charge in [-0.05, 0) is 19.3 Å². The lowest BCUT2D eigenvalue weighted by Gasteiger charge is -2.05. The second-order valence-electron chi connectivity index (χ2n) is 5.04. The van der Waals surface area contributed by atoms with E-state index in [1.165, 1.54) is 12.4 Å². The zero-order chi connectivity index (χ0) is 15.5. The predicted octanol–water partition coefficient (Wildman–Crippen LogP) is 2.33. The third-order valence-electron chi connectivity index (χ3n) is 3.33. The zero-order valence-corrected chi connectivity index (χ0v) is 13.3. The molecule has 0 radical (unpaired) electrons. The second kappa shape index (κ2) is 6.30. The number of sulfonamides is 1. The van der Waals surface area contributed by atoms with Crippen LogP contribution < -0.4 is 4.72 Å². The van der Waals surface area contributed by atoms with Crippen LogP contribution >= 0.6 is 0 Å². The number of nitrogens with zero attached hydrogens (tertiary/aromatic N) is 3. The number of nitrogens with one attached hydrogen (secondary N) is 2. The molecule has 0 spiro atoms. The molecule has 0 aliphatic heterocycles. The molecule has 7 nitrogen and oxygen atoms in total. The third kappa shape index (κ3) is 3.63. The van der Waals surface area contributed by atoms with Crippen LogP contribution in [0.25, 0.3) is 0 Å². The quantitative estimate of drug-likeness (QED) is 0.820. The summed E-state index contributed by atoms with van der Waals surface area (Å²) in [6, 6.07) is 1.74. The van der Waals surface area contributed by atoms with Crippen LogP contribution in [0.15, 0.2) is 23.4 Å². The molecule has 0 aromatic carbocycles. The number of H-pyrrole nitrogens is 1. The Hall–Kier alpha value is -1.83. The first-order chi connectivity index (χ1) is 9.96. The highest BCUT2D eigenvalue weighted by atomic mass is 32.2. The van der Waals surface area contributed by atoms with Crippen molar-refractivity contribution in [2.75, 3.05) is 4.72 Å². The molecule has 0 saturated carbocycles. The molecule has 2 rings (SSSR count). The van der Waals surface area contributed by atoms with Crippen LogP contribution in [-0.2, 0) is 16.6 Å². The average Bonchev–Trinajstić information content (AvgIpc) is 3.07. The Morgan fingerprint density at radius 2 is 2.19 bits per heavy atom. The molecule has 0 fully saturated rings. The highest BCUT2D eigenvalue weighted by Gasteiger charge is 2.18. The summed E-state index contributed by atoms with van der Waals surface area (Å²) in [6.07, 6.45) is 4.92. The molecule has 0 aliphatic carbocycles. The second-order valence-corrected chi connectivity index (χ2v) is 6.72. The topological polar surface area (TPSA) is 92.7 Å². The van der Waals surface area contributed by atoms with Crippen LogP contribution in [0.5, 0.6) is 0 Å². The summed E-state index contributed by atoms with van der Waals surface area (Å²) >= 11 is 0. The molecule has 2 aromatic rings. The van der Waals surface area contributed by atoms with Crippen molar-refractivity contribution in [1.29, 1.82) is 0 Å². The van der Waals surface area contributed by atoms with Crippen molar-refractivity contribution in [3.05, 3.63) is 24.2 Å². The Morgan fingerprint density at radius 3 is 2.81 bits per heavy atom. The number of aromatic nitrogens is 4. The molecule has 116 valence electrons. The highest BCUT2D eigenvalue weighted by molar-refractivity contribution is 7.92. The normalized spacial score (nSPS) is 13.3. The van der Waals surface area contributed by atoms with Crippen molar-refractivity contribution >= 4 is 15.8 Å². The standard InChI is InChI=1S/C13H21N5O2S/c1-4-6-10(3)12-7-13(16-15-12)17-21(19,20)11-8-14-18(5-2)9-11/h7-10H,4-6H2,1-3H3,(H2,15,16,17)/t10-/m1/s1. The summed E-state index contributed by atoms with van der Waals surface area (Å²) in [5, 5.41) is 10.9. The average molecular weight is 311 g/mol. The Morgan fingerprint density at radius 1 is 1.43 bits per heavy atom. The van der Waals surface area contributed by atoms with Gasteiger partial charge < -0.3 is 0 Å². The predicted molar refractivity (Wildman–Crippen MR) is 80.6 cm³/mol. The van der Waals surface area contributed by atoms with Gasteiger partial charge in [-0.15, -0.1) is 0 Å². The van der Waals surface area contributed by atoms with Gasteiger partial charge in [0.1, 0.15) is 4.90 Å². The zero-order valence-electron chi connectivity index (χ0n) is 12.5. The molecule has 2 N–H and O–H groups in total. The smallest absolute Gasteiger partial charge is 0.266 e. The minimum absolute atomic E-state index is 0.135. The summed E-state index contributed by atoms with van der Waals surface area (Å²) in [5.41, 5.74) is 0.929. The third-order valence-corrected chi connectivity index (χ3v) is 4.64. The molecule has 0 saturated heterocycles. The SMILES string of the molecule is CCC[C@@H](C)c1cc(NS(=O)(=O)c2cnn(CC)c2)n[nH]1. The van der Waals surface area contributed by atoms with Crippen LogP contribution in [0.3, 0.4) is 0 Å². The summed E-state index contributed by atoms with van der Waals surface area (Å²) in [5.74, 6) is 0.626. The molecule has 2 aromatic heterocycles. The maximum Gasteiger partial charge on any atom is 0.266 e. The van der Waals surface area contributed by atoms with Gasteiger partial charge in [0.15, 0.2) is 5.82 Å². The molecule has 0 aliphatic rings. The van der Waals surface area contributed by atoms with Gasteiger partial charge in [0.05, 0.1) is 6.20 Å². The van der Waals surface area contributed by atoms with Crippen molar-refractivity contribution in [2.45, 2.75) is 51.0 Å². The number of hydrogen-bond donors (Lipinski definition) is 2. The fourth-order valence-electron chi connectivity index (χ4n) is 2.08. The molecule has 1 atom stereocenters. The number of aromatic amines is 1. The molecule has 0 bridgehead atoms. The van der Waals surface area contributed by atoms with E-state index < -0.39 is 10.0 Å². The first-order valence-electron chi connectivity index (χ1n) is 7.06. The van der Waals surface area contributed by atoms with E-state index in [0.717, 1.165) is 18.5 Å². The van der Waals surface area contributed by atoms with Gasteiger partial charge >= 0.3 is 0 Å². The largest absolute Gasteiger partial charge is 0.280 e. The van der Waals surface area contributed by atoms with E-state index in [1.807, 2.05) is 6.92 Å². The molecule has 8 heteroatoms. The van der Waals surface area contributed by atoms with E-state index in [-0.39, 0.29) is 4.90 Å². The first kappa shape index (κ1) is 15.6. The van der Waals surface area contributed by atoms with Crippen LogP contribution in [0.1, 0.15) is 45.2 Å². The lowest BCUT2D eigenvalue weighted by Crippen LogP contribution is -2.12. The van der Waals surface area contributed by atoms with Crippen molar-refractivity contribution in [2.24, 2.45) is 0 Å². The lowest BCUT2D eigenvalue weighted by atomic mass is 10.0. The summed E-state index contributed by atoms with van der Waals surface area (Å²) < 4.78 is 28.5. The van der Waals surface area contributed by atoms with Gasteiger partial charge in [-0.2, -0.15) is 10.2 Å². The summed E-state index contributed by atoms with van der Waals surface area (Å²) in [7, 11) is -3.64. The Bertz CT molecular complexity index is 689. The van der Waals surface area contributed by atoms with E-state index in [2.05, 4.69) is 33.9 Å². The van der Waals surface area contributed by atoms with Crippen molar-refractivity contribution < 1.29 is 8.42 Å². The minimum Gasteiger partial charge on any atom is -0.280 e. The van der Waals surface area contributed by atoms with E-state index in [4.69, 9.17) is 0 Å². The summed E-state index contributed by atoms with van der Waals surface area (Å²) in [4.78, 5) is 0.135. The fraction of sp³-hybridized carbons (Fsp3) is 0.538. The molecular formula is C13H21N5O2S. The fourth-order valence-corrected chi connectivity index (χ4v) is 3.03. The molecule has 21 heavy (non-hydrogen) atoms. The number of rotatable bonds is 7. The summed E-state index contributed by atoms with van der Waals surface area (Å²) in [6.45, 7) is 6.71. The van der Waals surface area contributed by atoms with E-state index in [9.17, 15) is 8.42 Å². The maximum atomic E-state index is 12.2. The molecule has 0 amide bonds. The van der Waals surface area contributed by atoms with E-state index in [0.29, 0.717) is 18.3 Å². The number of aryl methyl sites for hydroxylation is 1. The maximum absolute atomic E-state index is 12.2. The number of hydrogen-bond acceptors (Lipinski definition) is 4. The Kier molecular flexibility index (Phi) is 4.66. The Balaban J connectivity index is 2.13. The highest BCUT2D eigenvalue weighted by Crippen LogP contribution is 2.22. The van der Waals surface area contributed by atoms with Gasteiger partial charge in [0, 0.05) is 24.5 Å². The van der Waals surface area contributed by atoms with Gasteiger partial charge in [0.25, 0.3) is 10.0 Å². The van der Waals surface area contributed by atoms with Crippen LogP contribution in [0.2, 0.25) is 0 Å². The van der Waals surface area contributed by atoms with Crippen molar-refractivity contribution in [3.8, 4) is 0 Å². The lowest BCUT2D eigenvalue weighted by molar-refractivity contribution is 0.600. The van der Waals surface area contributed by atoms with E-state index >= 15 is 0 Å². The molecule has 2 heterocycles. The van der Waals surface area contributed by atoms with Gasteiger partial charge in [-0.25, -0.2) is 8.42 Å². The minimum atomic E-state index is -3.64. The van der Waals surface area contributed by atoms with Gasteiger partial charge in [-0.3, -0.25) is 14.5 Å².